The second kappa shape index (κ2) is 5.30. The van der Waals surface area contributed by atoms with E-state index < -0.39 is 0 Å². The summed E-state index contributed by atoms with van der Waals surface area (Å²) >= 11 is 3.51. The minimum Gasteiger partial charge on any atom is -0.324 e. The van der Waals surface area contributed by atoms with E-state index in [1.165, 1.54) is 11.1 Å². The van der Waals surface area contributed by atoms with Gasteiger partial charge in [-0.15, -0.1) is 0 Å². The molecule has 3 heteroatoms. The van der Waals surface area contributed by atoms with Crippen molar-refractivity contribution in [1.82, 2.24) is 0 Å². The highest BCUT2D eigenvalue weighted by Crippen LogP contribution is 2.49. The van der Waals surface area contributed by atoms with Gasteiger partial charge in [-0.2, -0.15) is 0 Å². The summed E-state index contributed by atoms with van der Waals surface area (Å²) in [6, 6.07) is 14.3. The number of benzene rings is 2. The van der Waals surface area contributed by atoms with E-state index in [0.29, 0.717) is 0 Å². The first-order chi connectivity index (χ1) is 10.0. The minimum absolute atomic E-state index is 0.0934. The lowest BCUT2D eigenvalue weighted by Crippen LogP contribution is -2.27. The van der Waals surface area contributed by atoms with Gasteiger partial charge in [-0.25, -0.2) is 0 Å². The molecule has 21 heavy (non-hydrogen) atoms. The molecule has 2 aromatic rings. The van der Waals surface area contributed by atoms with Crippen molar-refractivity contribution in [2.75, 3.05) is 5.32 Å². The third-order valence-electron chi connectivity index (χ3n) is 4.16. The smallest absolute Gasteiger partial charge is 0.235 e. The lowest BCUT2D eigenvalue weighted by Gasteiger charge is -2.17. The molecule has 2 nitrogen and oxygen atoms in total. The number of carbonyl (C=O) groups excluding carboxylic acids is 1. The summed E-state index contributed by atoms with van der Waals surface area (Å²) in [5.41, 5.74) is 4.01. The third-order valence-corrected chi connectivity index (χ3v) is 4.82. The quantitative estimate of drug-likeness (QED) is 0.856. The molecule has 0 bridgehead atoms. The lowest BCUT2D eigenvalue weighted by atomic mass is 9.94. The number of rotatable bonds is 3. The molecule has 1 aliphatic carbocycles. The molecule has 1 amide bonds. The summed E-state index contributed by atoms with van der Waals surface area (Å²) in [4.78, 5) is 12.7. The molecule has 3 rings (SSSR count). The molecule has 1 saturated carbocycles. The van der Waals surface area contributed by atoms with Crippen LogP contribution in [0.25, 0.3) is 0 Å². The zero-order valence-electron chi connectivity index (χ0n) is 12.2. The Hall–Kier alpha value is -1.61. The normalized spacial score (nSPS) is 15.6. The van der Waals surface area contributed by atoms with Gasteiger partial charge < -0.3 is 5.32 Å². The van der Waals surface area contributed by atoms with Crippen molar-refractivity contribution in [3.63, 3.8) is 0 Å². The highest BCUT2D eigenvalue weighted by atomic mass is 79.9. The van der Waals surface area contributed by atoms with Crippen molar-refractivity contribution in [2.24, 2.45) is 0 Å². The van der Waals surface area contributed by atoms with E-state index in [9.17, 15) is 4.79 Å². The van der Waals surface area contributed by atoms with E-state index in [1.54, 1.807) is 0 Å². The summed E-state index contributed by atoms with van der Waals surface area (Å²) < 4.78 is 0.926. The molecule has 0 atom stereocenters. The van der Waals surface area contributed by atoms with E-state index in [0.717, 1.165) is 28.6 Å². The Kier molecular flexibility index (Phi) is 3.62. The fraction of sp³-hybridized carbons (Fsp3) is 0.278. The number of halogens is 1. The van der Waals surface area contributed by atoms with Crippen LogP contribution in [0.3, 0.4) is 0 Å². The Morgan fingerprint density at radius 1 is 1.05 bits per heavy atom. The Labute approximate surface area is 133 Å². The number of aryl methyl sites for hydroxylation is 2. The molecular weight excluding hydrogens is 326 g/mol. The van der Waals surface area contributed by atoms with Crippen LogP contribution < -0.4 is 5.32 Å². The summed E-state index contributed by atoms with van der Waals surface area (Å²) in [5, 5.41) is 3.07. The molecule has 108 valence electrons. The first-order valence-electron chi connectivity index (χ1n) is 7.16. The fourth-order valence-electron chi connectivity index (χ4n) is 2.61. The molecule has 0 aromatic heterocycles. The monoisotopic (exact) mass is 343 g/mol. The molecular formula is C18H18BrNO. The number of nitrogens with one attached hydrogen (secondary N) is 1. The Morgan fingerprint density at radius 2 is 1.67 bits per heavy atom. The van der Waals surface area contributed by atoms with Gasteiger partial charge in [0, 0.05) is 4.47 Å². The Bertz CT molecular complexity index is 687. The summed E-state index contributed by atoms with van der Waals surface area (Å²) in [7, 11) is 0. The highest BCUT2D eigenvalue weighted by Gasteiger charge is 2.51. The van der Waals surface area contributed by atoms with Crippen LogP contribution in [-0.4, -0.2) is 5.91 Å². The van der Waals surface area contributed by atoms with Crippen molar-refractivity contribution in [2.45, 2.75) is 32.1 Å². The van der Waals surface area contributed by atoms with Crippen molar-refractivity contribution in [1.29, 1.82) is 0 Å². The summed E-state index contributed by atoms with van der Waals surface area (Å²) in [6.45, 7) is 4.10. The standard InChI is InChI=1S/C18H18BrNO/c1-12-3-6-14(7-4-12)18(9-10-18)17(21)20-16-8-5-13(2)11-15(16)19/h3-8,11H,9-10H2,1-2H3,(H,20,21). The molecule has 0 saturated heterocycles. The van der Waals surface area contributed by atoms with Gasteiger partial charge in [-0.1, -0.05) is 35.9 Å². The van der Waals surface area contributed by atoms with Crippen LogP contribution in [0.4, 0.5) is 5.69 Å². The number of anilines is 1. The maximum Gasteiger partial charge on any atom is 0.235 e. The van der Waals surface area contributed by atoms with Gasteiger partial charge in [0.05, 0.1) is 11.1 Å². The molecule has 0 heterocycles. The lowest BCUT2D eigenvalue weighted by molar-refractivity contribution is -0.118. The predicted octanol–water partition coefficient (Wildman–Crippen LogP) is 4.74. The van der Waals surface area contributed by atoms with Gasteiger partial charge >= 0.3 is 0 Å². The number of carbonyl (C=O) groups is 1. The van der Waals surface area contributed by atoms with E-state index >= 15 is 0 Å². The minimum atomic E-state index is -0.335. The molecule has 1 aliphatic rings. The number of amides is 1. The zero-order chi connectivity index (χ0) is 15.0. The van der Waals surface area contributed by atoms with Crippen LogP contribution in [0, 0.1) is 13.8 Å². The van der Waals surface area contributed by atoms with Crippen LogP contribution >= 0.6 is 15.9 Å². The van der Waals surface area contributed by atoms with Crippen LogP contribution in [-0.2, 0) is 10.2 Å². The molecule has 0 unspecified atom stereocenters. The second-order valence-electron chi connectivity index (χ2n) is 5.89. The molecule has 1 N–H and O–H groups in total. The van der Waals surface area contributed by atoms with Gasteiger partial charge in [0.1, 0.15) is 0 Å². The molecule has 1 fully saturated rings. The van der Waals surface area contributed by atoms with Crippen LogP contribution in [0.2, 0.25) is 0 Å². The van der Waals surface area contributed by atoms with Crippen molar-refractivity contribution < 1.29 is 4.79 Å². The van der Waals surface area contributed by atoms with Gasteiger partial charge in [-0.05, 0) is 65.9 Å². The first kappa shape index (κ1) is 14.3. The van der Waals surface area contributed by atoms with E-state index in [-0.39, 0.29) is 11.3 Å². The zero-order valence-corrected chi connectivity index (χ0v) is 13.8. The first-order valence-corrected chi connectivity index (χ1v) is 7.95. The average molecular weight is 344 g/mol. The van der Waals surface area contributed by atoms with Crippen LogP contribution in [0.15, 0.2) is 46.9 Å². The highest BCUT2D eigenvalue weighted by molar-refractivity contribution is 9.10. The molecule has 0 spiro atoms. The Morgan fingerprint density at radius 3 is 2.24 bits per heavy atom. The maximum atomic E-state index is 12.7. The Balaban J connectivity index is 1.83. The number of hydrogen-bond donors (Lipinski definition) is 1. The largest absolute Gasteiger partial charge is 0.324 e. The molecule has 0 radical (unpaired) electrons. The maximum absolute atomic E-state index is 12.7. The van der Waals surface area contributed by atoms with E-state index in [2.05, 4.69) is 52.4 Å². The van der Waals surface area contributed by atoms with E-state index in [4.69, 9.17) is 0 Å². The van der Waals surface area contributed by atoms with Gasteiger partial charge in [0.2, 0.25) is 5.91 Å². The number of hydrogen-bond acceptors (Lipinski definition) is 1. The SMILES string of the molecule is Cc1ccc(C2(C(=O)Nc3ccc(C)cc3Br)CC2)cc1. The van der Waals surface area contributed by atoms with Crippen molar-refractivity contribution in [3.8, 4) is 0 Å². The second-order valence-corrected chi connectivity index (χ2v) is 6.74. The third kappa shape index (κ3) is 2.75. The molecule has 2 aromatic carbocycles. The van der Waals surface area contributed by atoms with Gasteiger partial charge in [0.15, 0.2) is 0 Å². The van der Waals surface area contributed by atoms with Crippen molar-refractivity contribution >= 4 is 27.5 Å². The fourth-order valence-corrected chi connectivity index (χ4v) is 3.20. The van der Waals surface area contributed by atoms with Crippen LogP contribution in [0.5, 0.6) is 0 Å². The summed E-state index contributed by atoms with van der Waals surface area (Å²) in [6.07, 6.45) is 1.84. The van der Waals surface area contributed by atoms with Crippen LogP contribution in [0.1, 0.15) is 29.5 Å². The van der Waals surface area contributed by atoms with E-state index in [1.807, 2.05) is 25.1 Å². The van der Waals surface area contributed by atoms with Crippen molar-refractivity contribution in [3.05, 3.63) is 63.6 Å². The average Bonchev–Trinajstić information content (AvgIpc) is 3.24. The molecule has 0 aliphatic heterocycles. The topological polar surface area (TPSA) is 29.1 Å². The predicted molar refractivity (Wildman–Crippen MR) is 89.6 cm³/mol. The van der Waals surface area contributed by atoms with Gasteiger partial charge in [0.25, 0.3) is 0 Å². The van der Waals surface area contributed by atoms with Gasteiger partial charge in [-0.3, -0.25) is 4.79 Å². The summed E-state index contributed by atoms with van der Waals surface area (Å²) in [5.74, 6) is 0.0934.